The van der Waals surface area contributed by atoms with Gasteiger partial charge in [-0.1, -0.05) is 30.3 Å². The first kappa shape index (κ1) is 13.4. The molecule has 1 aromatic carbocycles. The Morgan fingerprint density at radius 3 is 2.47 bits per heavy atom. The Morgan fingerprint density at radius 1 is 1.26 bits per heavy atom. The number of aromatic amines is 1. The number of rotatable bonds is 4. The molecule has 0 saturated heterocycles. The van der Waals surface area contributed by atoms with Crippen LogP contribution in [0.3, 0.4) is 0 Å². The van der Waals surface area contributed by atoms with Crippen LogP contribution < -0.4 is 11.1 Å². The van der Waals surface area contributed by atoms with Gasteiger partial charge >= 0.3 is 0 Å². The number of halogens is 1. The number of primary amides is 1. The van der Waals surface area contributed by atoms with Crippen molar-refractivity contribution in [2.75, 3.05) is 0 Å². The van der Waals surface area contributed by atoms with E-state index in [4.69, 9.17) is 5.73 Å². The van der Waals surface area contributed by atoms with Gasteiger partial charge in [-0.05, 0) is 27.6 Å². The van der Waals surface area contributed by atoms with Gasteiger partial charge in [0.1, 0.15) is 11.7 Å². The van der Waals surface area contributed by atoms with E-state index in [1.807, 2.05) is 6.07 Å². The lowest BCUT2D eigenvalue weighted by Crippen LogP contribution is -2.37. The van der Waals surface area contributed by atoms with Gasteiger partial charge in [-0.2, -0.15) is 0 Å². The van der Waals surface area contributed by atoms with Crippen molar-refractivity contribution < 1.29 is 9.59 Å². The molecule has 0 bridgehead atoms. The van der Waals surface area contributed by atoms with E-state index < -0.39 is 17.9 Å². The number of hydrogen-bond donors (Lipinski definition) is 3. The number of carbonyl (C=O) groups excluding carboxylic acids is 2. The number of amides is 2. The highest BCUT2D eigenvalue weighted by Gasteiger charge is 2.21. The summed E-state index contributed by atoms with van der Waals surface area (Å²) in [6.45, 7) is 0. The lowest BCUT2D eigenvalue weighted by atomic mass is 10.1. The number of H-pyrrole nitrogens is 1. The zero-order chi connectivity index (χ0) is 13.8. The molecule has 0 fully saturated rings. The molecule has 0 spiro atoms. The first-order chi connectivity index (χ1) is 9.08. The van der Waals surface area contributed by atoms with E-state index >= 15 is 0 Å². The van der Waals surface area contributed by atoms with Gasteiger partial charge in [-0.15, -0.1) is 0 Å². The summed E-state index contributed by atoms with van der Waals surface area (Å²) in [5, 5.41) is 2.60. The van der Waals surface area contributed by atoms with Crippen molar-refractivity contribution in [1.29, 1.82) is 0 Å². The second kappa shape index (κ2) is 5.71. The van der Waals surface area contributed by atoms with Crippen LogP contribution in [0.2, 0.25) is 0 Å². The van der Waals surface area contributed by atoms with Crippen LogP contribution in [0.25, 0.3) is 0 Å². The monoisotopic (exact) mass is 321 g/mol. The molecule has 2 amide bonds. The van der Waals surface area contributed by atoms with E-state index in [0.717, 1.165) is 4.47 Å². The minimum absolute atomic E-state index is 0.356. The smallest absolute Gasteiger partial charge is 0.268 e. The highest BCUT2D eigenvalue weighted by molar-refractivity contribution is 9.10. The molecule has 5 nitrogen and oxygen atoms in total. The Labute approximate surface area is 118 Å². The van der Waals surface area contributed by atoms with Crippen LogP contribution in [0, 0.1) is 0 Å². The van der Waals surface area contributed by atoms with Crippen LogP contribution in [0.5, 0.6) is 0 Å². The molecule has 0 aliphatic rings. The molecule has 1 atom stereocenters. The van der Waals surface area contributed by atoms with E-state index in [9.17, 15) is 9.59 Å². The second-order valence-corrected chi connectivity index (χ2v) is 4.87. The molecule has 0 aliphatic heterocycles. The molecule has 4 N–H and O–H groups in total. The zero-order valence-corrected chi connectivity index (χ0v) is 11.5. The summed E-state index contributed by atoms with van der Waals surface area (Å²) < 4.78 is 0.757. The molecule has 6 heteroatoms. The summed E-state index contributed by atoms with van der Waals surface area (Å²) in [5.41, 5.74) is 6.33. The normalized spacial score (nSPS) is 11.8. The predicted molar refractivity (Wildman–Crippen MR) is 74.3 cm³/mol. The minimum atomic E-state index is -0.851. The van der Waals surface area contributed by atoms with Gasteiger partial charge in [0.2, 0.25) is 5.91 Å². The molecule has 0 radical (unpaired) electrons. The van der Waals surface area contributed by atoms with Gasteiger partial charge in [0.25, 0.3) is 5.91 Å². The molecule has 0 unspecified atom stereocenters. The maximum Gasteiger partial charge on any atom is 0.268 e. The predicted octanol–water partition coefficient (Wildman–Crippen LogP) is 1.73. The Balaban J connectivity index is 2.18. The summed E-state index contributed by atoms with van der Waals surface area (Å²) in [6, 6.07) is 9.63. The molecular weight excluding hydrogens is 310 g/mol. The van der Waals surface area contributed by atoms with Crippen LogP contribution in [0.15, 0.2) is 47.1 Å². The van der Waals surface area contributed by atoms with Gasteiger partial charge in [0.05, 0.1) is 0 Å². The average Bonchev–Trinajstić information content (AvgIpc) is 2.83. The van der Waals surface area contributed by atoms with Crippen LogP contribution in [-0.4, -0.2) is 16.8 Å². The van der Waals surface area contributed by atoms with Gasteiger partial charge < -0.3 is 16.0 Å². The maximum absolute atomic E-state index is 12.0. The Hall–Kier alpha value is -2.08. The van der Waals surface area contributed by atoms with Gasteiger partial charge in [0, 0.05) is 10.7 Å². The van der Waals surface area contributed by atoms with Crippen molar-refractivity contribution in [3.05, 3.63) is 58.3 Å². The third kappa shape index (κ3) is 3.23. The summed E-state index contributed by atoms with van der Waals surface area (Å²) in [4.78, 5) is 26.2. The van der Waals surface area contributed by atoms with Crippen LogP contribution >= 0.6 is 15.9 Å². The summed E-state index contributed by atoms with van der Waals surface area (Å²) >= 11 is 3.24. The molecule has 1 heterocycles. The van der Waals surface area contributed by atoms with E-state index in [0.29, 0.717) is 11.3 Å². The SMILES string of the molecule is NC(=O)[C@H](NC(=O)c1cc(Br)c[nH]1)c1ccccc1. The highest BCUT2D eigenvalue weighted by Crippen LogP contribution is 2.14. The topological polar surface area (TPSA) is 88.0 Å². The van der Waals surface area contributed by atoms with E-state index in [1.165, 1.54) is 0 Å². The molecule has 1 aromatic heterocycles. The van der Waals surface area contributed by atoms with E-state index in [-0.39, 0.29) is 0 Å². The second-order valence-electron chi connectivity index (χ2n) is 3.95. The van der Waals surface area contributed by atoms with E-state index in [1.54, 1.807) is 36.5 Å². The van der Waals surface area contributed by atoms with Crippen LogP contribution in [0.4, 0.5) is 0 Å². The summed E-state index contributed by atoms with van der Waals surface area (Å²) in [7, 11) is 0. The minimum Gasteiger partial charge on any atom is -0.368 e. The van der Waals surface area contributed by atoms with Crippen molar-refractivity contribution in [1.82, 2.24) is 10.3 Å². The van der Waals surface area contributed by atoms with Crippen molar-refractivity contribution in [3.8, 4) is 0 Å². The molecule has 19 heavy (non-hydrogen) atoms. The zero-order valence-electron chi connectivity index (χ0n) is 9.89. The van der Waals surface area contributed by atoms with Crippen molar-refractivity contribution in [2.45, 2.75) is 6.04 Å². The molecule has 0 saturated carbocycles. The Kier molecular flexibility index (Phi) is 4.01. The lowest BCUT2D eigenvalue weighted by molar-refractivity contribution is -0.120. The van der Waals surface area contributed by atoms with Crippen LogP contribution in [0.1, 0.15) is 22.1 Å². The number of benzene rings is 1. The molecule has 2 rings (SSSR count). The maximum atomic E-state index is 12.0. The largest absolute Gasteiger partial charge is 0.368 e. The first-order valence-corrected chi connectivity index (χ1v) is 6.36. The Bertz CT molecular complexity index is 595. The number of nitrogens with one attached hydrogen (secondary N) is 2. The lowest BCUT2D eigenvalue weighted by Gasteiger charge is -2.15. The number of aromatic nitrogens is 1. The number of nitrogens with two attached hydrogens (primary N) is 1. The van der Waals surface area contributed by atoms with Crippen molar-refractivity contribution in [3.63, 3.8) is 0 Å². The number of hydrogen-bond acceptors (Lipinski definition) is 2. The third-order valence-electron chi connectivity index (χ3n) is 2.59. The molecule has 2 aromatic rings. The standard InChI is InChI=1S/C13H12BrN3O2/c14-9-6-10(16-7-9)13(19)17-11(12(15)18)8-4-2-1-3-5-8/h1-7,11,16H,(H2,15,18)(H,17,19)/t11-/m1/s1. The fourth-order valence-electron chi connectivity index (χ4n) is 1.67. The fourth-order valence-corrected chi connectivity index (χ4v) is 2.02. The fraction of sp³-hybridized carbons (Fsp3) is 0.0769. The third-order valence-corrected chi connectivity index (χ3v) is 3.04. The van der Waals surface area contributed by atoms with E-state index in [2.05, 4.69) is 26.2 Å². The molecular formula is C13H12BrN3O2. The van der Waals surface area contributed by atoms with Gasteiger partial charge in [-0.3, -0.25) is 9.59 Å². The van der Waals surface area contributed by atoms with Gasteiger partial charge in [0.15, 0.2) is 0 Å². The van der Waals surface area contributed by atoms with Crippen molar-refractivity contribution >= 4 is 27.7 Å². The first-order valence-electron chi connectivity index (χ1n) is 5.57. The van der Waals surface area contributed by atoms with Crippen LogP contribution in [-0.2, 0) is 4.79 Å². The number of carbonyl (C=O) groups is 2. The Morgan fingerprint density at radius 2 is 1.95 bits per heavy atom. The summed E-state index contributed by atoms with van der Waals surface area (Å²) in [6.07, 6.45) is 1.64. The average molecular weight is 322 g/mol. The molecule has 98 valence electrons. The summed E-state index contributed by atoms with van der Waals surface area (Å²) in [5.74, 6) is -0.997. The van der Waals surface area contributed by atoms with Crippen molar-refractivity contribution in [2.24, 2.45) is 5.73 Å². The highest BCUT2D eigenvalue weighted by atomic mass is 79.9. The molecule has 0 aliphatic carbocycles. The quantitative estimate of drug-likeness (QED) is 0.800. The van der Waals surface area contributed by atoms with Gasteiger partial charge in [-0.25, -0.2) is 0 Å².